The first-order chi connectivity index (χ1) is 9.26. The highest BCUT2D eigenvalue weighted by Gasteiger charge is 2.11. The number of rotatable bonds is 6. The van der Waals surface area contributed by atoms with E-state index in [0.717, 1.165) is 36.3 Å². The zero-order valence-electron chi connectivity index (χ0n) is 11.4. The number of aromatic nitrogens is 3. The van der Waals surface area contributed by atoms with Gasteiger partial charge < -0.3 is 5.32 Å². The predicted molar refractivity (Wildman–Crippen MR) is 73.1 cm³/mol. The molecule has 0 bridgehead atoms. The summed E-state index contributed by atoms with van der Waals surface area (Å²) in [6.07, 6.45) is 2.66. The molecule has 1 N–H and O–H groups in total. The second-order valence-corrected chi connectivity index (χ2v) is 4.42. The molecule has 0 unspecified atom stereocenters. The summed E-state index contributed by atoms with van der Waals surface area (Å²) in [5, 5.41) is 11.3. The lowest BCUT2D eigenvalue weighted by Gasteiger charge is -2.11. The Hall–Kier alpha value is -1.75. The average Bonchev–Trinajstić information content (AvgIpc) is 2.86. The average molecular weight is 262 g/mol. The fourth-order valence-corrected chi connectivity index (χ4v) is 2.04. The van der Waals surface area contributed by atoms with Gasteiger partial charge in [0.05, 0.1) is 11.9 Å². The van der Waals surface area contributed by atoms with Crippen molar-refractivity contribution in [3.8, 4) is 11.3 Å². The Morgan fingerprint density at radius 3 is 2.89 bits per heavy atom. The van der Waals surface area contributed by atoms with E-state index in [9.17, 15) is 4.39 Å². The van der Waals surface area contributed by atoms with Crippen molar-refractivity contribution in [2.24, 2.45) is 0 Å². The van der Waals surface area contributed by atoms with Crippen LogP contribution < -0.4 is 5.32 Å². The van der Waals surface area contributed by atoms with Crippen LogP contribution in [-0.2, 0) is 13.1 Å². The Balaban J connectivity index is 2.40. The summed E-state index contributed by atoms with van der Waals surface area (Å²) in [6.45, 7) is 6.50. The van der Waals surface area contributed by atoms with E-state index >= 15 is 0 Å². The second-order valence-electron chi connectivity index (χ2n) is 4.42. The number of aryl methyl sites for hydroxylation is 1. The lowest BCUT2D eigenvalue weighted by atomic mass is 10.0. The third-order valence-electron chi connectivity index (χ3n) is 2.97. The summed E-state index contributed by atoms with van der Waals surface area (Å²) in [5.41, 5.74) is 2.79. The van der Waals surface area contributed by atoms with Crippen LogP contribution in [0.2, 0.25) is 0 Å². The highest BCUT2D eigenvalue weighted by molar-refractivity contribution is 5.63. The van der Waals surface area contributed by atoms with Crippen LogP contribution in [0.15, 0.2) is 24.4 Å². The first-order valence-corrected chi connectivity index (χ1v) is 6.64. The quantitative estimate of drug-likeness (QED) is 0.870. The Labute approximate surface area is 112 Å². The molecule has 0 spiro atoms. The molecule has 2 aromatic rings. The van der Waals surface area contributed by atoms with E-state index in [1.54, 1.807) is 12.3 Å². The SMILES string of the molecule is CCCn1nncc1-c1cc(F)ccc1CNCC. The molecule has 0 atom stereocenters. The van der Waals surface area contributed by atoms with E-state index in [1.807, 2.05) is 17.7 Å². The van der Waals surface area contributed by atoms with Crippen LogP contribution in [0, 0.1) is 5.82 Å². The maximum atomic E-state index is 13.5. The topological polar surface area (TPSA) is 42.7 Å². The molecule has 0 fully saturated rings. The lowest BCUT2D eigenvalue weighted by molar-refractivity contribution is 0.582. The Bertz CT molecular complexity index is 536. The minimum absolute atomic E-state index is 0.237. The van der Waals surface area contributed by atoms with E-state index in [-0.39, 0.29) is 5.82 Å². The highest BCUT2D eigenvalue weighted by atomic mass is 19.1. The van der Waals surface area contributed by atoms with Crippen LogP contribution in [0.5, 0.6) is 0 Å². The van der Waals surface area contributed by atoms with Crippen LogP contribution in [0.4, 0.5) is 4.39 Å². The molecule has 0 saturated heterocycles. The van der Waals surface area contributed by atoms with E-state index in [0.29, 0.717) is 6.54 Å². The molecule has 0 aliphatic carbocycles. The van der Waals surface area contributed by atoms with Crippen molar-refractivity contribution >= 4 is 0 Å². The summed E-state index contributed by atoms with van der Waals surface area (Å²) < 4.78 is 15.3. The molecule has 5 heteroatoms. The summed E-state index contributed by atoms with van der Waals surface area (Å²) in [5.74, 6) is -0.237. The van der Waals surface area contributed by atoms with Crippen LogP contribution in [-0.4, -0.2) is 21.5 Å². The summed E-state index contributed by atoms with van der Waals surface area (Å²) >= 11 is 0. The molecular weight excluding hydrogens is 243 g/mol. The molecule has 102 valence electrons. The molecule has 0 amide bonds. The van der Waals surface area contributed by atoms with Gasteiger partial charge in [0.25, 0.3) is 0 Å². The van der Waals surface area contributed by atoms with E-state index < -0.39 is 0 Å². The monoisotopic (exact) mass is 262 g/mol. The van der Waals surface area contributed by atoms with Crippen molar-refractivity contribution in [2.75, 3.05) is 6.54 Å². The van der Waals surface area contributed by atoms with Gasteiger partial charge in [-0.25, -0.2) is 9.07 Å². The predicted octanol–water partition coefficient (Wildman–Crippen LogP) is 2.60. The van der Waals surface area contributed by atoms with Gasteiger partial charge in [0, 0.05) is 18.7 Å². The summed E-state index contributed by atoms with van der Waals surface area (Å²) in [7, 11) is 0. The molecule has 19 heavy (non-hydrogen) atoms. The third kappa shape index (κ3) is 3.17. The van der Waals surface area contributed by atoms with Crippen LogP contribution in [0.1, 0.15) is 25.8 Å². The minimum Gasteiger partial charge on any atom is -0.313 e. The molecule has 4 nitrogen and oxygen atoms in total. The van der Waals surface area contributed by atoms with Crippen molar-refractivity contribution in [3.05, 3.63) is 35.8 Å². The molecule has 1 aromatic heterocycles. The minimum atomic E-state index is -0.237. The van der Waals surface area contributed by atoms with Crippen molar-refractivity contribution in [1.82, 2.24) is 20.3 Å². The number of nitrogens with zero attached hydrogens (tertiary/aromatic N) is 3. The van der Waals surface area contributed by atoms with Gasteiger partial charge in [-0.3, -0.25) is 0 Å². The van der Waals surface area contributed by atoms with Gasteiger partial charge in [-0.2, -0.15) is 0 Å². The molecule has 0 aliphatic heterocycles. The maximum Gasteiger partial charge on any atom is 0.123 e. The van der Waals surface area contributed by atoms with Crippen LogP contribution in [0.3, 0.4) is 0 Å². The number of nitrogens with one attached hydrogen (secondary N) is 1. The second kappa shape index (κ2) is 6.43. The smallest absolute Gasteiger partial charge is 0.123 e. The maximum absolute atomic E-state index is 13.5. The summed E-state index contributed by atoms with van der Waals surface area (Å²) in [6, 6.07) is 4.86. The number of hydrogen-bond acceptors (Lipinski definition) is 3. The van der Waals surface area contributed by atoms with Crippen molar-refractivity contribution < 1.29 is 4.39 Å². The van der Waals surface area contributed by atoms with Gasteiger partial charge in [-0.05, 0) is 30.7 Å². The van der Waals surface area contributed by atoms with Gasteiger partial charge in [0.1, 0.15) is 5.82 Å². The standard InChI is InChI=1S/C14H19FN4/c1-3-7-19-14(10-17-18-19)13-8-12(15)6-5-11(13)9-16-4-2/h5-6,8,10,16H,3-4,7,9H2,1-2H3. The first-order valence-electron chi connectivity index (χ1n) is 6.64. The Morgan fingerprint density at radius 1 is 1.32 bits per heavy atom. The van der Waals surface area contributed by atoms with Gasteiger partial charge in [0.2, 0.25) is 0 Å². The fraction of sp³-hybridized carbons (Fsp3) is 0.429. The van der Waals surface area contributed by atoms with Gasteiger partial charge >= 0.3 is 0 Å². The molecule has 1 heterocycles. The summed E-state index contributed by atoms with van der Waals surface area (Å²) in [4.78, 5) is 0. The molecule has 2 rings (SSSR count). The largest absolute Gasteiger partial charge is 0.313 e. The van der Waals surface area contributed by atoms with Gasteiger partial charge in [-0.1, -0.05) is 25.1 Å². The molecular formula is C14H19FN4. The Morgan fingerprint density at radius 2 is 2.16 bits per heavy atom. The molecule has 0 aliphatic rings. The van der Waals surface area contributed by atoms with Crippen molar-refractivity contribution in [3.63, 3.8) is 0 Å². The number of benzene rings is 1. The number of halogens is 1. The van der Waals surface area contributed by atoms with E-state index in [4.69, 9.17) is 0 Å². The normalized spacial score (nSPS) is 10.9. The van der Waals surface area contributed by atoms with Crippen molar-refractivity contribution in [2.45, 2.75) is 33.4 Å². The van der Waals surface area contributed by atoms with Gasteiger partial charge in [-0.15, -0.1) is 5.10 Å². The van der Waals surface area contributed by atoms with Crippen LogP contribution in [0.25, 0.3) is 11.3 Å². The lowest BCUT2D eigenvalue weighted by Crippen LogP contribution is -2.13. The molecule has 0 radical (unpaired) electrons. The van der Waals surface area contributed by atoms with E-state index in [1.165, 1.54) is 6.07 Å². The highest BCUT2D eigenvalue weighted by Crippen LogP contribution is 2.24. The first kappa shape index (κ1) is 13.7. The zero-order valence-corrected chi connectivity index (χ0v) is 11.4. The van der Waals surface area contributed by atoms with Gasteiger partial charge in [0.15, 0.2) is 0 Å². The zero-order chi connectivity index (χ0) is 13.7. The third-order valence-corrected chi connectivity index (χ3v) is 2.97. The van der Waals surface area contributed by atoms with Crippen LogP contribution >= 0.6 is 0 Å². The van der Waals surface area contributed by atoms with E-state index in [2.05, 4.69) is 22.6 Å². The molecule has 1 aromatic carbocycles. The number of hydrogen-bond donors (Lipinski definition) is 1. The fourth-order valence-electron chi connectivity index (χ4n) is 2.04. The Kier molecular flexibility index (Phi) is 4.63. The van der Waals surface area contributed by atoms with Crippen molar-refractivity contribution in [1.29, 1.82) is 0 Å². The molecule has 0 saturated carbocycles.